The van der Waals surface area contributed by atoms with E-state index in [0.717, 1.165) is 70.3 Å². The normalized spacial score (nSPS) is 36.2. The largest absolute Gasteiger partial charge is 0.460 e. The lowest BCUT2D eigenvalue weighted by atomic mass is 9.33. The highest BCUT2D eigenvalue weighted by Gasteiger charge is 2.71. The molecule has 22 atom stereocenters. The van der Waals surface area contributed by atoms with Crippen LogP contribution < -0.4 is 0 Å². The van der Waals surface area contributed by atoms with Crippen molar-refractivity contribution in [1.82, 2.24) is 0 Å². The minimum Gasteiger partial charge on any atom is -0.460 e. The number of carbonyl (C=O) groups is 7. The summed E-state index contributed by atoms with van der Waals surface area (Å²) < 4.78 is 99.7. The number of fused-ring (bicyclic) bond motifs is 8. The Hall–Kier alpha value is -8.19. The summed E-state index contributed by atoms with van der Waals surface area (Å²) in [7, 11) is 0. The Bertz CT molecular complexity index is 4210. The monoisotopic (exact) mass is 1530 g/mol. The van der Waals surface area contributed by atoms with Crippen LogP contribution in [0.25, 0.3) is 0 Å². The van der Waals surface area contributed by atoms with Gasteiger partial charge in [0.1, 0.15) is 43.7 Å². The third-order valence-electron chi connectivity index (χ3n) is 26.4. The molecule has 14 rings (SSSR count). The van der Waals surface area contributed by atoms with Crippen LogP contribution >= 0.6 is 0 Å². The van der Waals surface area contributed by atoms with Gasteiger partial charge in [-0.1, -0.05) is 163 Å². The molecule has 0 radical (unpaired) electrons. The number of hydrogen-bond donors (Lipinski definition) is 0. The maximum atomic E-state index is 14.8. The number of allylic oxidation sites excluding steroid dienone is 2. The standard InChI is InChI=1S/C89H106O22/c1-52-67(101-53(2)90)70(108-81-74(107-78(95)59-36-26-17-27-37-59)71(106-77(94)58-34-24-16-25-35-58)68(105-76(93)57-32-22-15-23-33-57)62(103-81)50-97-75(92)56-30-20-14-21-31-56)73(102-54(3)91)80(100-52)109-72-69-63(110-85(8,9)111-69)51-98-79(72)104-66-41-42-86(10)64(84(66,6)7)40-43-88(12)65(86)39-38-60-61-48-83(4,5)44-46-89(61,47-45-87(60,88)11)82(96)99-49-55-28-18-13-19-29-55/h13-38,52,61-74,79-81H,39-51H2,1-12H3/t52-,61-,62+,63-,64-,65+,66-,67-,68+,69-,70+,71-,72+,73+,74+,79-,80-,81-,86-,87+,88+,89-/m0/s1. The van der Waals surface area contributed by atoms with Gasteiger partial charge in [0.2, 0.25) is 0 Å². The van der Waals surface area contributed by atoms with Gasteiger partial charge in [0.05, 0.1) is 46.5 Å². The molecule has 22 nitrogen and oxygen atoms in total. The van der Waals surface area contributed by atoms with Crippen LogP contribution in [-0.4, -0.2) is 153 Å². The van der Waals surface area contributed by atoms with Crippen molar-refractivity contribution in [3.05, 3.63) is 191 Å². The first-order valence-electron chi connectivity index (χ1n) is 39.4. The molecule has 4 saturated carbocycles. The van der Waals surface area contributed by atoms with Gasteiger partial charge in [0.25, 0.3) is 0 Å². The van der Waals surface area contributed by atoms with Crippen LogP contribution in [0.5, 0.6) is 0 Å². The highest BCUT2D eigenvalue weighted by atomic mass is 16.8. The second kappa shape index (κ2) is 31.6. The molecule has 22 heteroatoms. The first-order valence-corrected chi connectivity index (χ1v) is 39.4. The summed E-state index contributed by atoms with van der Waals surface area (Å²) in [6.07, 6.45) is -9.96. The van der Waals surface area contributed by atoms with Gasteiger partial charge in [0.15, 0.2) is 55.2 Å². The predicted octanol–water partition coefficient (Wildman–Crippen LogP) is 14.4. The van der Waals surface area contributed by atoms with Crippen LogP contribution in [-0.2, 0) is 92.0 Å². The van der Waals surface area contributed by atoms with Crippen LogP contribution in [0, 0.1) is 50.2 Å². The van der Waals surface area contributed by atoms with E-state index in [-0.39, 0.29) is 74.9 Å². The van der Waals surface area contributed by atoms with Gasteiger partial charge in [0, 0.05) is 13.8 Å². The molecule has 0 unspecified atom stereocenters. The Morgan fingerprint density at radius 2 is 1.00 bits per heavy atom. The molecule has 4 saturated heterocycles. The lowest BCUT2D eigenvalue weighted by Crippen LogP contribution is -2.68. The number of esters is 7. The van der Waals surface area contributed by atoms with Crippen LogP contribution in [0.4, 0.5) is 0 Å². The Kier molecular flexibility index (Phi) is 22.7. The quantitative estimate of drug-likeness (QED) is 0.0303. The molecule has 0 N–H and O–H groups in total. The highest BCUT2D eigenvalue weighted by molar-refractivity contribution is 5.92. The minimum absolute atomic E-state index is 0.0364. The van der Waals surface area contributed by atoms with Crippen molar-refractivity contribution in [2.75, 3.05) is 13.2 Å². The van der Waals surface area contributed by atoms with Crippen LogP contribution in [0.2, 0.25) is 0 Å². The molecule has 4 heterocycles. The van der Waals surface area contributed by atoms with Crippen molar-refractivity contribution in [1.29, 1.82) is 0 Å². The molecule has 5 aromatic carbocycles. The Balaban J connectivity index is 0.783. The fourth-order valence-corrected chi connectivity index (χ4v) is 20.7. The number of ether oxygens (including phenoxy) is 15. The van der Waals surface area contributed by atoms with Crippen LogP contribution in [0.1, 0.15) is 194 Å². The van der Waals surface area contributed by atoms with E-state index in [1.54, 1.807) is 93.6 Å². The van der Waals surface area contributed by atoms with Gasteiger partial charge >= 0.3 is 41.8 Å². The molecule has 5 aromatic rings. The van der Waals surface area contributed by atoms with Gasteiger partial charge in [-0.15, -0.1) is 0 Å². The zero-order valence-electron chi connectivity index (χ0n) is 65.6. The minimum atomic E-state index is -1.99. The van der Waals surface area contributed by atoms with Crippen LogP contribution in [0.15, 0.2) is 163 Å². The summed E-state index contributed by atoms with van der Waals surface area (Å²) in [5, 5.41) is 0. The number of hydrogen-bond acceptors (Lipinski definition) is 22. The predicted molar refractivity (Wildman–Crippen MR) is 401 cm³/mol. The smallest absolute Gasteiger partial charge is 0.338 e. The number of benzene rings is 5. The second-order valence-electron chi connectivity index (χ2n) is 34.5. The van der Waals surface area contributed by atoms with Gasteiger partial charge < -0.3 is 71.1 Å². The topological polar surface area (TPSA) is 258 Å². The molecule has 594 valence electrons. The molecule has 8 fully saturated rings. The third-order valence-corrected chi connectivity index (χ3v) is 26.4. The molecule has 4 aliphatic heterocycles. The van der Waals surface area contributed by atoms with E-state index in [1.807, 2.05) is 30.3 Å². The average molecular weight is 1530 g/mol. The molecule has 0 aromatic heterocycles. The molecule has 9 aliphatic rings. The highest BCUT2D eigenvalue weighted by Crippen LogP contribution is 2.76. The summed E-state index contributed by atoms with van der Waals surface area (Å²) in [6, 6.07) is 41.8. The molecule has 111 heavy (non-hydrogen) atoms. The van der Waals surface area contributed by atoms with Crippen LogP contribution in [0.3, 0.4) is 0 Å². The van der Waals surface area contributed by atoms with E-state index >= 15 is 0 Å². The zero-order valence-corrected chi connectivity index (χ0v) is 65.6. The maximum Gasteiger partial charge on any atom is 0.338 e. The molecule has 5 aliphatic carbocycles. The first kappa shape index (κ1) is 79.5. The van der Waals surface area contributed by atoms with Gasteiger partial charge in [-0.2, -0.15) is 0 Å². The fourth-order valence-electron chi connectivity index (χ4n) is 20.7. The second-order valence-corrected chi connectivity index (χ2v) is 34.5. The summed E-state index contributed by atoms with van der Waals surface area (Å²) in [6.45, 7) is 24.1. The first-order chi connectivity index (χ1) is 52.9. The van der Waals surface area contributed by atoms with Crippen molar-refractivity contribution >= 4 is 41.8 Å². The van der Waals surface area contributed by atoms with Gasteiger partial charge in [-0.05, 0) is 184 Å². The lowest BCUT2D eigenvalue weighted by molar-refractivity contribution is -0.379. The van der Waals surface area contributed by atoms with Gasteiger partial charge in [-0.3, -0.25) is 14.4 Å². The van der Waals surface area contributed by atoms with E-state index < -0.39 is 151 Å². The number of rotatable bonds is 20. The summed E-state index contributed by atoms with van der Waals surface area (Å²) in [4.78, 5) is 100. The van der Waals surface area contributed by atoms with Crippen molar-refractivity contribution in [3.8, 4) is 0 Å². The summed E-state index contributed by atoms with van der Waals surface area (Å²) in [5.41, 5.74) is 1.40. The van der Waals surface area contributed by atoms with E-state index in [2.05, 4.69) is 54.5 Å². The third kappa shape index (κ3) is 15.7. The van der Waals surface area contributed by atoms with E-state index in [9.17, 15) is 33.6 Å². The Morgan fingerprint density at radius 1 is 0.477 bits per heavy atom. The molecular formula is C89H106O22. The summed E-state index contributed by atoms with van der Waals surface area (Å²) >= 11 is 0. The van der Waals surface area contributed by atoms with E-state index in [4.69, 9.17) is 71.1 Å². The Morgan fingerprint density at radius 3 is 1.59 bits per heavy atom. The Labute approximate surface area is 649 Å². The number of carbonyl (C=O) groups excluding carboxylic acids is 7. The van der Waals surface area contributed by atoms with Crippen molar-refractivity contribution in [2.45, 2.75) is 252 Å². The molecule has 0 amide bonds. The lowest BCUT2D eigenvalue weighted by Gasteiger charge is -2.71. The van der Waals surface area contributed by atoms with Crippen molar-refractivity contribution in [3.63, 3.8) is 0 Å². The van der Waals surface area contributed by atoms with Crippen molar-refractivity contribution < 1.29 is 105 Å². The SMILES string of the molecule is CC(=O)O[C@@H]1[C@@H](O[C@@H]2O[C@H](COC(=O)c3ccccc3)[C@@H](OC(=O)c3ccccc3)[C@H](OC(=O)c3ccccc3)[C@H]2OC(=O)c2ccccc2)[C@@H](OC(C)=O)[C@H](O[C@H]2[C@H](O[C@H]3CC[C@]4(C)[C@H]5CC=C6[C@@H]7CC(C)(C)CC[C@]7(C(=O)OCc7ccccc7)CC[C@@]6(C)[C@]5(C)CC[C@H]4C3(C)C)OC[C@@H]3OC(C)(C)O[C@H]23)O[C@H]1C. The van der Waals surface area contributed by atoms with E-state index in [0.29, 0.717) is 12.3 Å². The average Bonchev–Trinajstić information content (AvgIpc) is 0.945. The molecule has 0 bridgehead atoms. The fraction of sp³-hybridized carbons (Fsp3) is 0.562. The maximum absolute atomic E-state index is 14.8. The van der Waals surface area contributed by atoms with E-state index in [1.165, 1.54) is 61.0 Å². The summed E-state index contributed by atoms with van der Waals surface area (Å²) in [5.74, 6) is -5.96. The zero-order chi connectivity index (χ0) is 78.6. The molecular weight excluding hydrogens is 1420 g/mol. The van der Waals surface area contributed by atoms with Gasteiger partial charge in [-0.25, -0.2) is 19.2 Å². The molecule has 0 spiro atoms. The van der Waals surface area contributed by atoms with Crippen molar-refractivity contribution in [2.24, 2.45) is 50.2 Å².